The largest absolute Gasteiger partial charge is 0.365 e. The van der Waals surface area contributed by atoms with Gasteiger partial charge in [0.05, 0.1) is 5.02 Å². The maximum absolute atomic E-state index is 6.16. The van der Waals surface area contributed by atoms with Crippen LogP contribution in [0.2, 0.25) is 10.3 Å². The molecule has 2 heterocycles. The van der Waals surface area contributed by atoms with E-state index in [0.29, 0.717) is 11.1 Å². The van der Waals surface area contributed by atoms with Gasteiger partial charge < -0.3 is 5.32 Å². The molecule has 1 saturated carbocycles. The van der Waals surface area contributed by atoms with E-state index in [1.807, 2.05) is 0 Å². The van der Waals surface area contributed by atoms with Crippen molar-refractivity contribution in [1.29, 1.82) is 0 Å². The fraction of sp³-hybridized carbons (Fsp3) is 0.500. The number of hydrogen-bond donors (Lipinski definition) is 1. The smallest absolute Gasteiger partial charge is 0.243 e. The van der Waals surface area contributed by atoms with E-state index in [4.69, 9.17) is 23.2 Å². The second kappa shape index (κ2) is 4.94. The molecule has 0 amide bonds. The van der Waals surface area contributed by atoms with Crippen molar-refractivity contribution in [3.05, 3.63) is 22.6 Å². The monoisotopic (exact) mass is 284 g/mol. The molecular formula is C12H14Cl2N4. The second-order valence-corrected chi connectivity index (χ2v) is 5.41. The number of halogens is 2. The molecule has 0 unspecified atom stereocenters. The molecule has 6 heteroatoms. The highest BCUT2D eigenvalue weighted by atomic mass is 35.5. The van der Waals surface area contributed by atoms with E-state index in [-0.39, 0.29) is 5.28 Å². The Balaban J connectivity index is 1.96. The van der Waals surface area contributed by atoms with E-state index in [0.717, 1.165) is 11.3 Å². The quantitative estimate of drug-likeness (QED) is 0.913. The Morgan fingerprint density at radius 1 is 1.22 bits per heavy atom. The van der Waals surface area contributed by atoms with Gasteiger partial charge in [-0.1, -0.05) is 30.9 Å². The van der Waals surface area contributed by atoms with Crippen molar-refractivity contribution >= 4 is 34.5 Å². The van der Waals surface area contributed by atoms with Crippen molar-refractivity contribution in [3.8, 4) is 0 Å². The summed E-state index contributed by atoms with van der Waals surface area (Å²) in [6.07, 6.45) is 7.99. The lowest BCUT2D eigenvalue weighted by Gasteiger charge is -2.23. The Morgan fingerprint density at radius 2 is 2.00 bits per heavy atom. The maximum atomic E-state index is 6.16. The molecule has 0 bridgehead atoms. The van der Waals surface area contributed by atoms with Crippen molar-refractivity contribution in [2.24, 2.45) is 0 Å². The van der Waals surface area contributed by atoms with Gasteiger partial charge >= 0.3 is 0 Å². The second-order valence-electron chi connectivity index (χ2n) is 4.67. The minimum atomic E-state index is 0.230. The maximum Gasteiger partial charge on any atom is 0.243 e. The van der Waals surface area contributed by atoms with E-state index < -0.39 is 0 Å². The summed E-state index contributed by atoms with van der Waals surface area (Å²) in [7, 11) is 0. The topological polar surface area (TPSA) is 42.2 Å². The van der Waals surface area contributed by atoms with E-state index >= 15 is 0 Å². The lowest BCUT2D eigenvalue weighted by atomic mass is 9.95. The van der Waals surface area contributed by atoms with Crippen molar-refractivity contribution in [3.63, 3.8) is 0 Å². The molecule has 0 atom stereocenters. The average molecular weight is 285 g/mol. The molecule has 2 aromatic heterocycles. The molecule has 1 aliphatic carbocycles. The van der Waals surface area contributed by atoms with Crippen LogP contribution in [0.4, 0.5) is 5.82 Å². The lowest BCUT2D eigenvalue weighted by Crippen LogP contribution is -2.23. The predicted molar refractivity (Wildman–Crippen MR) is 73.5 cm³/mol. The zero-order valence-electron chi connectivity index (χ0n) is 9.87. The number of hydrogen-bond acceptors (Lipinski definition) is 3. The van der Waals surface area contributed by atoms with Crippen LogP contribution in [0.3, 0.4) is 0 Å². The molecule has 1 N–H and O–H groups in total. The zero-order chi connectivity index (χ0) is 12.5. The van der Waals surface area contributed by atoms with Crippen LogP contribution in [0.5, 0.6) is 0 Å². The van der Waals surface area contributed by atoms with Crippen LogP contribution in [0.1, 0.15) is 32.1 Å². The Hall–Kier alpha value is -1.00. The number of rotatable bonds is 2. The standard InChI is InChI=1S/C12H14Cl2N4/c13-9-6-7-18-10(9)11(16-12(14)17-18)15-8-4-2-1-3-5-8/h6-8H,1-5H2,(H,15,16,17). The third kappa shape index (κ3) is 2.27. The first-order chi connectivity index (χ1) is 8.74. The number of fused-ring (bicyclic) bond motifs is 1. The molecule has 0 aromatic carbocycles. The van der Waals surface area contributed by atoms with Gasteiger partial charge in [-0.3, -0.25) is 0 Å². The SMILES string of the molecule is Clc1nc(NC2CCCCC2)c2c(Cl)ccn2n1. The minimum Gasteiger partial charge on any atom is -0.365 e. The van der Waals surface area contributed by atoms with Crippen LogP contribution in [0.25, 0.3) is 5.52 Å². The van der Waals surface area contributed by atoms with Gasteiger partial charge in [-0.05, 0) is 30.5 Å². The Labute approximate surface area is 115 Å². The molecule has 1 fully saturated rings. The summed E-state index contributed by atoms with van der Waals surface area (Å²) >= 11 is 12.1. The van der Waals surface area contributed by atoms with Crippen LogP contribution in [-0.2, 0) is 0 Å². The van der Waals surface area contributed by atoms with Gasteiger partial charge in [-0.15, -0.1) is 5.10 Å². The Morgan fingerprint density at radius 3 is 2.78 bits per heavy atom. The van der Waals surface area contributed by atoms with Crippen LogP contribution >= 0.6 is 23.2 Å². The van der Waals surface area contributed by atoms with Gasteiger partial charge in [0.25, 0.3) is 0 Å². The molecule has 3 rings (SSSR count). The van der Waals surface area contributed by atoms with Crippen LogP contribution < -0.4 is 5.32 Å². The normalized spacial score (nSPS) is 17.2. The van der Waals surface area contributed by atoms with E-state index in [1.54, 1.807) is 16.8 Å². The predicted octanol–water partition coefficient (Wildman–Crippen LogP) is 3.78. The van der Waals surface area contributed by atoms with Gasteiger partial charge in [0.1, 0.15) is 5.52 Å². The summed E-state index contributed by atoms with van der Waals surface area (Å²) < 4.78 is 1.67. The van der Waals surface area contributed by atoms with Crippen molar-refractivity contribution in [2.75, 3.05) is 5.32 Å². The molecule has 0 saturated heterocycles. The van der Waals surface area contributed by atoms with Crippen molar-refractivity contribution < 1.29 is 0 Å². The number of nitrogens with zero attached hydrogens (tertiary/aromatic N) is 3. The third-order valence-corrected chi connectivity index (χ3v) is 3.85. The molecular weight excluding hydrogens is 271 g/mol. The third-order valence-electron chi connectivity index (χ3n) is 3.38. The fourth-order valence-electron chi connectivity index (χ4n) is 2.50. The molecule has 0 aliphatic heterocycles. The summed E-state index contributed by atoms with van der Waals surface area (Å²) in [4.78, 5) is 4.27. The van der Waals surface area contributed by atoms with Crippen molar-refractivity contribution in [1.82, 2.24) is 14.6 Å². The molecule has 0 spiro atoms. The van der Waals surface area contributed by atoms with Crippen molar-refractivity contribution in [2.45, 2.75) is 38.1 Å². The molecule has 4 nitrogen and oxygen atoms in total. The number of nitrogens with one attached hydrogen (secondary N) is 1. The summed E-state index contributed by atoms with van der Waals surface area (Å²) in [6.45, 7) is 0. The Kier molecular flexibility index (Phi) is 3.31. The van der Waals surface area contributed by atoms with E-state index in [1.165, 1.54) is 32.1 Å². The first kappa shape index (κ1) is 12.1. The number of anilines is 1. The average Bonchev–Trinajstić information content (AvgIpc) is 2.72. The highest BCUT2D eigenvalue weighted by Gasteiger charge is 2.17. The Bertz CT molecular complexity index is 560. The van der Waals surface area contributed by atoms with Crippen LogP contribution in [-0.4, -0.2) is 20.6 Å². The van der Waals surface area contributed by atoms with Gasteiger partial charge in [0, 0.05) is 12.2 Å². The summed E-state index contributed by atoms with van der Waals surface area (Å²) in [5, 5.41) is 8.42. The first-order valence-electron chi connectivity index (χ1n) is 6.21. The highest BCUT2D eigenvalue weighted by molar-refractivity contribution is 6.34. The minimum absolute atomic E-state index is 0.230. The summed E-state index contributed by atoms with van der Waals surface area (Å²) in [6, 6.07) is 2.26. The molecule has 0 radical (unpaired) electrons. The van der Waals surface area contributed by atoms with Crippen LogP contribution in [0.15, 0.2) is 12.3 Å². The van der Waals surface area contributed by atoms with Gasteiger partial charge in [-0.25, -0.2) is 4.52 Å². The molecule has 18 heavy (non-hydrogen) atoms. The van der Waals surface area contributed by atoms with E-state index in [9.17, 15) is 0 Å². The highest BCUT2D eigenvalue weighted by Crippen LogP contribution is 2.28. The van der Waals surface area contributed by atoms with Gasteiger partial charge in [0.2, 0.25) is 5.28 Å². The van der Waals surface area contributed by atoms with Gasteiger partial charge in [0.15, 0.2) is 5.82 Å². The summed E-state index contributed by atoms with van der Waals surface area (Å²) in [5.41, 5.74) is 0.798. The lowest BCUT2D eigenvalue weighted by molar-refractivity contribution is 0.462. The van der Waals surface area contributed by atoms with E-state index in [2.05, 4.69) is 15.4 Å². The number of aromatic nitrogens is 3. The van der Waals surface area contributed by atoms with Crippen LogP contribution in [0, 0.1) is 0 Å². The fourth-order valence-corrected chi connectivity index (χ4v) is 2.90. The van der Waals surface area contributed by atoms with Gasteiger partial charge in [-0.2, -0.15) is 4.98 Å². The molecule has 96 valence electrons. The summed E-state index contributed by atoms with van der Waals surface area (Å²) in [5.74, 6) is 0.733. The molecule has 1 aliphatic rings. The zero-order valence-corrected chi connectivity index (χ0v) is 11.4. The first-order valence-corrected chi connectivity index (χ1v) is 6.96. The molecule has 2 aromatic rings.